The molecule has 0 radical (unpaired) electrons. The van der Waals surface area contributed by atoms with Crippen LogP contribution in [0.15, 0.2) is 78.9 Å². The van der Waals surface area contributed by atoms with Crippen molar-refractivity contribution in [2.45, 2.75) is 0 Å². The number of halogens is 1. The number of rotatable bonds is 3. The van der Waals surface area contributed by atoms with E-state index in [2.05, 4.69) is 53.8 Å². The normalized spacial score (nSPS) is 10.2. The minimum atomic E-state index is 0.745. The maximum absolute atomic E-state index is 5.88. The van der Waals surface area contributed by atoms with Crippen LogP contribution in [0.2, 0.25) is 5.02 Å². The van der Waals surface area contributed by atoms with Gasteiger partial charge in [0.1, 0.15) is 0 Å². The third-order valence-corrected chi connectivity index (χ3v) is 3.38. The molecule has 0 unspecified atom stereocenters. The molecule has 0 aliphatic carbocycles. The lowest BCUT2D eigenvalue weighted by Gasteiger charge is -2.08. The van der Waals surface area contributed by atoms with Gasteiger partial charge in [-0.1, -0.05) is 54.1 Å². The van der Waals surface area contributed by atoms with Crippen molar-refractivity contribution < 1.29 is 0 Å². The Morgan fingerprint density at radius 2 is 1.05 bits per heavy atom. The van der Waals surface area contributed by atoms with Crippen LogP contribution in [0.25, 0.3) is 11.1 Å². The Labute approximate surface area is 123 Å². The molecule has 0 saturated heterocycles. The third kappa shape index (κ3) is 3.01. The van der Waals surface area contributed by atoms with E-state index < -0.39 is 0 Å². The molecule has 0 aliphatic heterocycles. The topological polar surface area (TPSA) is 12.0 Å². The molecule has 1 nitrogen and oxygen atoms in total. The van der Waals surface area contributed by atoms with Gasteiger partial charge in [0.05, 0.1) is 0 Å². The van der Waals surface area contributed by atoms with Gasteiger partial charge in [0.25, 0.3) is 0 Å². The molecule has 20 heavy (non-hydrogen) atoms. The first-order chi connectivity index (χ1) is 9.81. The SMILES string of the molecule is Clc1ccc(Nc2ccc(-c3ccccc3)cc2)cc1. The fraction of sp³-hybridized carbons (Fsp3) is 0. The average molecular weight is 280 g/mol. The molecule has 3 aromatic rings. The summed E-state index contributed by atoms with van der Waals surface area (Å²) in [4.78, 5) is 0. The molecule has 3 aromatic carbocycles. The molecule has 1 N–H and O–H groups in total. The Kier molecular flexibility index (Phi) is 3.71. The van der Waals surface area contributed by atoms with Crippen molar-refractivity contribution in [3.63, 3.8) is 0 Å². The predicted molar refractivity (Wildman–Crippen MR) is 86.6 cm³/mol. The van der Waals surface area contributed by atoms with Gasteiger partial charge >= 0.3 is 0 Å². The van der Waals surface area contributed by atoms with E-state index in [1.165, 1.54) is 11.1 Å². The lowest BCUT2D eigenvalue weighted by molar-refractivity contribution is 1.54. The van der Waals surface area contributed by atoms with Crippen molar-refractivity contribution in [2.75, 3.05) is 5.32 Å². The average Bonchev–Trinajstić information content (AvgIpc) is 2.51. The zero-order chi connectivity index (χ0) is 13.8. The van der Waals surface area contributed by atoms with Gasteiger partial charge in [0, 0.05) is 16.4 Å². The Bertz CT molecular complexity index is 673. The van der Waals surface area contributed by atoms with E-state index in [1.54, 1.807) is 0 Å². The zero-order valence-electron chi connectivity index (χ0n) is 10.9. The van der Waals surface area contributed by atoms with Gasteiger partial charge in [-0.2, -0.15) is 0 Å². The number of anilines is 2. The van der Waals surface area contributed by atoms with Gasteiger partial charge in [-0.05, 0) is 47.5 Å². The second-order valence-electron chi connectivity index (χ2n) is 4.58. The van der Waals surface area contributed by atoms with Crippen molar-refractivity contribution in [2.24, 2.45) is 0 Å². The summed E-state index contributed by atoms with van der Waals surface area (Å²) < 4.78 is 0. The first kappa shape index (κ1) is 12.8. The lowest BCUT2D eigenvalue weighted by atomic mass is 10.1. The zero-order valence-corrected chi connectivity index (χ0v) is 11.6. The summed E-state index contributed by atoms with van der Waals surface area (Å²) in [6, 6.07) is 26.4. The summed E-state index contributed by atoms with van der Waals surface area (Å²) in [6.07, 6.45) is 0. The number of hydrogen-bond acceptors (Lipinski definition) is 1. The molecule has 0 fully saturated rings. The molecule has 0 atom stereocenters. The number of nitrogens with one attached hydrogen (secondary N) is 1. The predicted octanol–water partition coefficient (Wildman–Crippen LogP) is 5.75. The van der Waals surface area contributed by atoms with Crippen LogP contribution in [0.5, 0.6) is 0 Å². The van der Waals surface area contributed by atoms with Crippen molar-refractivity contribution in [1.82, 2.24) is 0 Å². The first-order valence-electron chi connectivity index (χ1n) is 6.49. The summed E-state index contributed by atoms with van der Waals surface area (Å²) in [5, 5.41) is 4.10. The fourth-order valence-electron chi connectivity index (χ4n) is 2.08. The van der Waals surface area contributed by atoms with E-state index in [0.717, 1.165) is 16.4 Å². The van der Waals surface area contributed by atoms with E-state index in [0.29, 0.717) is 0 Å². The van der Waals surface area contributed by atoms with Gasteiger partial charge < -0.3 is 5.32 Å². The smallest absolute Gasteiger partial charge is 0.0407 e. The lowest BCUT2D eigenvalue weighted by Crippen LogP contribution is -1.89. The molecule has 2 heteroatoms. The van der Waals surface area contributed by atoms with Gasteiger partial charge in [-0.3, -0.25) is 0 Å². The van der Waals surface area contributed by atoms with Crippen molar-refractivity contribution in [1.29, 1.82) is 0 Å². The van der Waals surface area contributed by atoms with Crippen molar-refractivity contribution in [3.8, 4) is 11.1 Å². The standard InChI is InChI=1S/C18H14ClN/c19-16-8-12-18(13-9-16)20-17-10-6-15(7-11-17)14-4-2-1-3-5-14/h1-13,20H. The van der Waals surface area contributed by atoms with Crippen LogP contribution < -0.4 is 5.32 Å². The number of hydrogen-bond donors (Lipinski definition) is 1. The van der Waals surface area contributed by atoms with E-state index >= 15 is 0 Å². The highest BCUT2D eigenvalue weighted by Gasteiger charge is 1.98. The van der Waals surface area contributed by atoms with E-state index in [-0.39, 0.29) is 0 Å². The number of benzene rings is 3. The van der Waals surface area contributed by atoms with Crippen LogP contribution in [0.4, 0.5) is 11.4 Å². The summed E-state index contributed by atoms with van der Waals surface area (Å²) in [6.45, 7) is 0. The van der Waals surface area contributed by atoms with Crippen LogP contribution in [0.3, 0.4) is 0 Å². The Hall–Kier alpha value is -2.25. The van der Waals surface area contributed by atoms with Gasteiger partial charge in [0.15, 0.2) is 0 Å². The molecule has 0 saturated carbocycles. The molecule has 3 rings (SSSR count). The Balaban J connectivity index is 1.78. The van der Waals surface area contributed by atoms with E-state index in [1.807, 2.05) is 30.3 Å². The highest BCUT2D eigenvalue weighted by molar-refractivity contribution is 6.30. The molecule has 0 heterocycles. The molecule has 0 spiro atoms. The quantitative estimate of drug-likeness (QED) is 0.643. The Morgan fingerprint density at radius 3 is 1.65 bits per heavy atom. The van der Waals surface area contributed by atoms with E-state index in [9.17, 15) is 0 Å². The van der Waals surface area contributed by atoms with Crippen LogP contribution in [-0.2, 0) is 0 Å². The van der Waals surface area contributed by atoms with E-state index in [4.69, 9.17) is 11.6 Å². The Morgan fingerprint density at radius 1 is 0.550 bits per heavy atom. The van der Waals surface area contributed by atoms with Crippen LogP contribution in [-0.4, -0.2) is 0 Å². The van der Waals surface area contributed by atoms with Gasteiger partial charge in [-0.25, -0.2) is 0 Å². The maximum Gasteiger partial charge on any atom is 0.0407 e. The van der Waals surface area contributed by atoms with Crippen LogP contribution in [0.1, 0.15) is 0 Å². The van der Waals surface area contributed by atoms with Gasteiger partial charge in [0.2, 0.25) is 0 Å². The molecule has 0 aliphatic rings. The molecule has 0 bridgehead atoms. The minimum absolute atomic E-state index is 0.745. The summed E-state index contributed by atoms with van der Waals surface area (Å²) in [5.74, 6) is 0. The summed E-state index contributed by atoms with van der Waals surface area (Å²) in [5.41, 5.74) is 4.53. The third-order valence-electron chi connectivity index (χ3n) is 3.12. The largest absolute Gasteiger partial charge is 0.356 e. The molecule has 98 valence electrons. The van der Waals surface area contributed by atoms with Crippen LogP contribution >= 0.6 is 11.6 Å². The maximum atomic E-state index is 5.88. The van der Waals surface area contributed by atoms with Crippen molar-refractivity contribution >= 4 is 23.0 Å². The molecular weight excluding hydrogens is 266 g/mol. The summed E-state index contributed by atoms with van der Waals surface area (Å²) >= 11 is 5.88. The fourth-order valence-corrected chi connectivity index (χ4v) is 2.20. The molecule has 0 aromatic heterocycles. The van der Waals surface area contributed by atoms with Crippen LogP contribution in [0, 0.1) is 0 Å². The summed E-state index contributed by atoms with van der Waals surface area (Å²) in [7, 11) is 0. The van der Waals surface area contributed by atoms with Gasteiger partial charge in [-0.15, -0.1) is 0 Å². The monoisotopic (exact) mass is 279 g/mol. The molecular formula is C18H14ClN. The van der Waals surface area contributed by atoms with Crippen molar-refractivity contribution in [3.05, 3.63) is 83.9 Å². The first-order valence-corrected chi connectivity index (χ1v) is 6.87. The highest BCUT2D eigenvalue weighted by atomic mass is 35.5. The second-order valence-corrected chi connectivity index (χ2v) is 5.01. The minimum Gasteiger partial charge on any atom is -0.356 e. The second kappa shape index (κ2) is 5.81. The highest BCUT2D eigenvalue weighted by Crippen LogP contribution is 2.23. The molecule has 0 amide bonds.